The van der Waals surface area contributed by atoms with Crippen molar-refractivity contribution < 1.29 is 9.59 Å². The van der Waals surface area contributed by atoms with Crippen LogP contribution < -0.4 is 5.32 Å². The maximum absolute atomic E-state index is 10.2. The average Bonchev–Trinajstić information content (AvgIpc) is 1.82. The van der Waals surface area contributed by atoms with Crippen LogP contribution in [0.2, 0.25) is 0 Å². The quantitative estimate of drug-likeness (QED) is 0.451. The van der Waals surface area contributed by atoms with E-state index in [0.29, 0.717) is 6.29 Å². The first-order valence-corrected chi connectivity index (χ1v) is 3.02. The molecule has 0 bridgehead atoms. The highest BCUT2D eigenvalue weighted by atomic mass is 35.5. The number of aldehydes is 1. The van der Waals surface area contributed by atoms with Crippen LogP contribution in [0.3, 0.4) is 0 Å². The monoisotopic (exact) mass is 149 g/mol. The Bertz CT molecular complexity index is 116. The summed E-state index contributed by atoms with van der Waals surface area (Å²) in [7, 11) is 0. The summed E-state index contributed by atoms with van der Waals surface area (Å²) in [6.07, 6.45) is 0.606. The predicted molar refractivity (Wildman–Crippen MR) is 34.4 cm³/mol. The van der Waals surface area contributed by atoms with Crippen molar-refractivity contribution in [1.82, 2.24) is 5.32 Å². The Hall–Kier alpha value is -0.570. The summed E-state index contributed by atoms with van der Waals surface area (Å²) < 4.78 is 0. The van der Waals surface area contributed by atoms with Gasteiger partial charge in [0.25, 0.3) is 0 Å². The van der Waals surface area contributed by atoms with Crippen molar-refractivity contribution in [2.24, 2.45) is 0 Å². The Morgan fingerprint density at radius 1 is 1.89 bits per heavy atom. The number of hydrogen-bond acceptors (Lipinski definition) is 2. The first-order valence-electron chi connectivity index (χ1n) is 2.49. The normalized spacial score (nSPS) is 12.2. The summed E-state index contributed by atoms with van der Waals surface area (Å²) in [5.74, 6) is -0.115. The van der Waals surface area contributed by atoms with E-state index < -0.39 is 6.04 Å². The predicted octanol–water partition coefficient (Wildman–Crippen LogP) is -0.0712. The molecule has 1 N–H and O–H groups in total. The SMILES string of the molecule is CC(=O)NC(C=O)CCl. The fourth-order valence-electron chi connectivity index (χ4n) is 0.370. The van der Waals surface area contributed by atoms with Crippen LogP contribution in [0.4, 0.5) is 0 Å². The number of carbonyl (C=O) groups is 2. The third kappa shape index (κ3) is 3.97. The van der Waals surface area contributed by atoms with Crippen molar-refractivity contribution in [3.63, 3.8) is 0 Å². The Kier molecular flexibility index (Phi) is 4.05. The fraction of sp³-hybridized carbons (Fsp3) is 0.600. The molecule has 0 heterocycles. The van der Waals surface area contributed by atoms with Gasteiger partial charge in [-0.05, 0) is 0 Å². The molecule has 9 heavy (non-hydrogen) atoms. The maximum Gasteiger partial charge on any atom is 0.217 e. The summed E-state index contributed by atoms with van der Waals surface area (Å²) in [5, 5.41) is 2.34. The second-order valence-electron chi connectivity index (χ2n) is 1.60. The smallest absolute Gasteiger partial charge is 0.217 e. The molecular weight excluding hydrogens is 142 g/mol. The highest BCUT2D eigenvalue weighted by Gasteiger charge is 2.04. The second kappa shape index (κ2) is 4.32. The highest BCUT2D eigenvalue weighted by molar-refractivity contribution is 6.19. The lowest BCUT2D eigenvalue weighted by atomic mass is 10.4. The molecule has 4 heteroatoms. The van der Waals surface area contributed by atoms with Crippen molar-refractivity contribution in [2.45, 2.75) is 13.0 Å². The molecule has 3 nitrogen and oxygen atoms in total. The van der Waals surface area contributed by atoms with Gasteiger partial charge in [-0.3, -0.25) is 4.79 Å². The van der Waals surface area contributed by atoms with E-state index >= 15 is 0 Å². The molecule has 0 radical (unpaired) electrons. The van der Waals surface area contributed by atoms with Gasteiger partial charge in [-0.15, -0.1) is 11.6 Å². The van der Waals surface area contributed by atoms with Gasteiger partial charge in [-0.2, -0.15) is 0 Å². The Labute approximate surface area is 58.4 Å². The Balaban J connectivity index is 3.55. The molecule has 1 atom stereocenters. The van der Waals surface area contributed by atoms with E-state index in [2.05, 4.69) is 5.32 Å². The van der Waals surface area contributed by atoms with Crippen LogP contribution in [0.25, 0.3) is 0 Å². The van der Waals surface area contributed by atoms with Crippen LogP contribution in [0.15, 0.2) is 0 Å². The zero-order valence-electron chi connectivity index (χ0n) is 5.06. The lowest BCUT2D eigenvalue weighted by molar-refractivity contribution is -0.121. The summed E-state index contributed by atoms with van der Waals surface area (Å²) in [6.45, 7) is 1.34. The van der Waals surface area contributed by atoms with E-state index in [1.807, 2.05) is 0 Å². The average molecular weight is 150 g/mol. The largest absolute Gasteiger partial charge is 0.346 e. The van der Waals surface area contributed by atoms with Crippen molar-refractivity contribution >= 4 is 23.8 Å². The lowest BCUT2D eigenvalue weighted by Gasteiger charge is -2.04. The third-order valence-electron chi connectivity index (χ3n) is 0.719. The van der Waals surface area contributed by atoms with E-state index in [1.54, 1.807) is 0 Å². The molecule has 52 valence electrons. The van der Waals surface area contributed by atoms with Gasteiger partial charge >= 0.3 is 0 Å². The zero-order chi connectivity index (χ0) is 7.28. The van der Waals surface area contributed by atoms with E-state index in [0.717, 1.165) is 0 Å². The number of amides is 1. The number of alkyl halides is 1. The van der Waals surface area contributed by atoms with Gasteiger partial charge in [-0.25, -0.2) is 0 Å². The molecule has 0 fully saturated rings. The lowest BCUT2D eigenvalue weighted by Crippen LogP contribution is -2.35. The number of rotatable bonds is 3. The van der Waals surface area contributed by atoms with Crippen LogP contribution in [0, 0.1) is 0 Å². The topological polar surface area (TPSA) is 46.2 Å². The summed E-state index contributed by atoms with van der Waals surface area (Å²) >= 11 is 5.27. The Morgan fingerprint density at radius 2 is 2.44 bits per heavy atom. The minimum absolute atomic E-state index is 0.128. The first kappa shape index (κ1) is 8.43. The van der Waals surface area contributed by atoms with E-state index in [1.165, 1.54) is 6.92 Å². The summed E-state index contributed by atoms with van der Waals surface area (Å²) in [4.78, 5) is 20.2. The minimum Gasteiger partial charge on any atom is -0.346 e. The van der Waals surface area contributed by atoms with Crippen molar-refractivity contribution in [2.75, 3.05) is 5.88 Å². The van der Waals surface area contributed by atoms with Crippen LogP contribution in [-0.4, -0.2) is 24.1 Å². The summed E-state index contributed by atoms with van der Waals surface area (Å²) in [6, 6.07) is -0.538. The number of nitrogens with one attached hydrogen (secondary N) is 1. The van der Waals surface area contributed by atoms with Crippen LogP contribution in [0.1, 0.15) is 6.92 Å². The van der Waals surface area contributed by atoms with Crippen molar-refractivity contribution in [3.05, 3.63) is 0 Å². The molecule has 0 aliphatic rings. The van der Waals surface area contributed by atoms with Crippen LogP contribution >= 0.6 is 11.6 Å². The molecule has 0 rings (SSSR count). The number of carbonyl (C=O) groups excluding carboxylic acids is 2. The molecule has 1 amide bonds. The van der Waals surface area contributed by atoms with Gasteiger partial charge in [0.15, 0.2) is 0 Å². The second-order valence-corrected chi connectivity index (χ2v) is 1.91. The molecule has 0 spiro atoms. The molecule has 0 saturated heterocycles. The van der Waals surface area contributed by atoms with E-state index in [4.69, 9.17) is 11.6 Å². The molecule has 0 aromatic heterocycles. The molecular formula is C5H8ClNO2. The molecule has 0 aliphatic heterocycles. The maximum atomic E-state index is 10.2. The molecule has 0 aliphatic carbocycles. The van der Waals surface area contributed by atoms with Gasteiger partial charge in [0.1, 0.15) is 6.29 Å². The van der Waals surface area contributed by atoms with Gasteiger partial charge in [0, 0.05) is 12.8 Å². The molecule has 1 unspecified atom stereocenters. The Morgan fingerprint density at radius 3 is 2.56 bits per heavy atom. The van der Waals surface area contributed by atoms with E-state index in [-0.39, 0.29) is 11.8 Å². The molecule has 0 aromatic rings. The van der Waals surface area contributed by atoms with E-state index in [9.17, 15) is 9.59 Å². The van der Waals surface area contributed by atoms with Crippen LogP contribution in [0.5, 0.6) is 0 Å². The van der Waals surface area contributed by atoms with Gasteiger partial charge in [0.2, 0.25) is 5.91 Å². The molecule has 0 saturated carbocycles. The van der Waals surface area contributed by atoms with Gasteiger partial charge in [-0.1, -0.05) is 0 Å². The summed E-state index contributed by atoms with van der Waals surface area (Å²) in [5.41, 5.74) is 0. The number of hydrogen-bond donors (Lipinski definition) is 1. The van der Waals surface area contributed by atoms with Gasteiger partial charge < -0.3 is 10.1 Å². The highest BCUT2D eigenvalue weighted by Crippen LogP contribution is 1.82. The third-order valence-corrected chi connectivity index (χ3v) is 1.05. The minimum atomic E-state index is -0.538. The fourth-order valence-corrected chi connectivity index (χ4v) is 0.520. The van der Waals surface area contributed by atoms with Crippen molar-refractivity contribution in [1.29, 1.82) is 0 Å². The van der Waals surface area contributed by atoms with Crippen LogP contribution in [-0.2, 0) is 9.59 Å². The first-order chi connectivity index (χ1) is 4.20. The number of halogens is 1. The molecule has 0 aromatic carbocycles. The standard InChI is InChI=1S/C5H8ClNO2/c1-4(9)7-5(2-6)3-8/h3,5H,2H2,1H3,(H,7,9). The zero-order valence-corrected chi connectivity index (χ0v) is 5.81. The van der Waals surface area contributed by atoms with Crippen molar-refractivity contribution in [3.8, 4) is 0 Å². The van der Waals surface area contributed by atoms with Gasteiger partial charge in [0.05, 0.1) is 6.04 Å².